The minimum absolute atomic E-state index is 0.160. The van der Waals surface area contributed by atoms with Crippen molar-refractivity contribution in [2.24, 2.45) is 5.73 Å². The van der Waals surface area contributed by atoms with E-state index in [2.05, 4.69) is 5.32 Å². The number of primary amides is 1. The molecule has 0 aliphatic rings. The molecule has 0 radical (unpaired) electrons. The average Bonchev–Trinajstić information content (AvgIpc) is 3.11. The van der Waals surface area contributed by atoms with Gasteiger partial charge in [-0.1, -0.05) is 30.3 Å². The zero-order chi connectivity index (χ0) is 18.4. The van der Waals surface area contributed by atoms with E-state index in [1.54, 1.807) is 30.3 Å². The molecule has 0 saturated carbocycles. The number of hydrogen-bond donors (Lipinski definition) is 2. The maximum Gasteiger partial charge on any atom is 0.291 e. The van der Waals surface area contributed by atoms with Crippen molar-refractivity contribution in [1.82, 2.24) is 0 Å². The summed E-state index contributed by atoms with van der Waals surface area (Å²) in [6.45, 7) is 0.223. The van der Waals surface area contributed by atoms with E-state index in [1.165, 1.54) is 6.26 Å². The van der Waals surface area contributed by atoms with Crippen LogP contribution in [0.2, 0.25) is 0 Å². The Morgan fingerprint density at radius 1 is 1.00 bits per heavy atom. The average molecular weight is 350 g/mol. The summed E-state index contributed by atoms with van der Waals surface area (Å²) < 4.78 is 11.0. The Morgan fingerprint density at radius 3 is 2.42 bits per heavy atom. The molecule has 1 aromatic heterocycles. The minimum atomic E-state index is -0.402. The highest BCUT2D eigenvalue weighted by atomic mass is 16.5. The summed E-state index contributed by atoms with van der Waals surface area (Å²) in [6.07, 6.45) is 1.61. The molecule has 3 aromatic rings. The van der Waals surface area contributed by atoms with Crippen LogP contribution in [0.4, 0.5) is 5.69 Å². The Labute approximate surface area is 150 Å². The molecule has 132 valence electrons. The largest absolute Gasteiger partial charge is 0.489 e. The lowest BCUT2D eigenvalue weighted by Gasteiger charge is -2.08. The molecule has 0 atom stereocenters. The molecule has 0 spiro atoms. The number of carbonyl (C=O) groups is 2. The summed E-state index contributed by atoms with van der Waals surface area (Å²) in [5, 5.41) is 2.76. The van der Waals surface area contributed by atoms with E-state index in [1.807, 2.05) is 30.3 Å². The van der Waals surface area contributed by atoms with Crippen molar-refractivity contribution < 1.29 is 18.7 Å². The quantitative estimate of drug-likeness (QED) is 0.684. The first kappa shape index (κ1) is 17.3. The lowest BCUT2D eigenvalue weighted by atomic mass is 10.1. The van der Waals surface area contributed by atoms with Gasteiger partial charge in [-0.2, -0.15) is 0 Å². The summed E-state index contributed by atoms with van der Waals surface area (Å²) in [5.74, 6) is 0.136. The normalized spacial score (nSPS) is 10.3. The van der Waals surface area contributed by atoms with Crippen molar-refractivity contribution >= 4 is 17.5 Å². The molecule has 2 amide bonds. The summed E-state index contributed by atoms with van der Waals surface area (Å²) >= 11 is 0. The second-order valence-corrected chi connectivity index (χ2v) is 5.67. The second-order valence-electron chi connectivity index (χ2n) is 5.67. The topological polar surface area (TPSA) is 94.6 Å². The number of benzene rings is 2. The van der Waals surface area contributed by atoms with Crippen molar-refractivity contribution in [3.63, 3.8) is 0 Å². The van der Waals surface area contributed by atoms with Crippen LogP contribution in [0.3, 0.4) is 0 Å². The highest BCUT2D eigenvalue weighted by Gasteiger charge is 2.16. The van der Waals surface area contributed by atoms with Gasteiger partial charge in [0.15, 0.2) is 5.76 Å². The van der Waals surface area contributed by atoms with Crippen LogP contribution >= 0.6 is 0 Å². The highest BCUT2D eigenvalue weighted by Crippen LogP contribution is 2.18. The number of amides is 2. The summed E-state index contributed by atoms with van der Waals surface area (Å²) in [5.41, 5.74) is 7.19. The van der Waals surface area contributed by atoms with E-state index in [-0.39, 0.29) is 24.7 Å². The minimum Gasteiger partial charge on any atom is -0.489 e. The first-order chi connectivity index (χ1) is 12.6. The fourth-order valence-corrected chi connectivity index (χ4v) is 2.42. The van der Waals surface area contributed by atoms with E-state index >= 15 is 0 Å². The van der Waals surface area contributed by atoms with Gasteiger partial charge in [-0.05, 0) is 35.9 Å². The molecule has 0 aliphatic carbocycles. The van der Waals surface area contributed by atoms with E-state index in [4.69, 9.17) is 14.9 Å². The smallest absolute Gasteiger partial charge is 0.291 e. The van der Waals surface area contributed by atoms with Crippen LogP contribution in [-0.2, 0) is 17.8 Å². The third-order valence-electron chi connectivity index (χ3n) is 3.68. The highest BCUT2D eigenvalue weighted by molar-refractivity contribution is 6.03. The molecule has 1 heterocycles. The second kappa shape index (κ2) is 8.02. The summed E-state index contributed by atoms with van der Waals surface area (Å²) in [4.78, 5) is 23.4. The first-order valence-electron chi connectivity index (χ1n) is 8.04. The number of rotatable bonds is 7. The maximum atomic E-state index is 12.4. The number of nitrogens with two attached hydrogens (primary N) is 1. The van der Waals surface area contributed by atoms with Gasteiger partial charge in [-0.15, -0.1) is 0 Å². The van der Waals surface area contributed by atoms with Crippen LogP contribution in [-0.4, -0.2) is 11.8 Å². The monoisotopic (exact) mass is 350 g/mol. The molecule has 3 N–H and O–H groups in total. The number of para-hydroxylation sites is 1. The maximum absolute atomic E-state index is 12.4. The lowest BCUT2D eigenvalue weighted by Crippen LogP contribution is -2.15. The third-order valence-corrected chi connectivity index (χ3v) is 3.68. The number of anilines is 1. The number of carbonyl (C=O) groups excluding carboxylic acids is 2. The zero-order valence-electron chi connectivity index (χ0n) is 14.0. The number of furan rings is 1. The molecular formula is C20H18N2O4. The van der Waals surface area contributed by atoms with Gasteiger partial charge >= 0.3 is 0 Å². The van der Waals surface area contributed by atoms with E-state index < -0.39 is 5.91 Å². The standard InChI is InChI=1S/C20H18N2O4/c21-18(23)12-14-6-8-16(9-7-14)22-20(24)19-15(10-11-25-19)13-26-17-4-2-1-3-5-17/h1-11H,12-13H2,(H2,21,23)(H,22,24). The predicted octanol–water partition coefficient (Wildman–Crippen LogP) is 3.14. The molecule has 3 rings (SSSR count). The fraction of sp³-hybridized carbons (Fsp3) is 0.100. The SMILES string of the molecule is NC(=O)Cc1ccc(NC(=O)c2occc2COc2ccccc2)cc1. The summed E-state index contributed by atoms with van der Waals surface area (Å²) in [6, 6.07) is 17.9. The molecule has 0 aliphatic heterocycles. The van der Waals surface area contributed by atoms with Crippen molar-refractivity contribution in [2.45, 2.75) is 13.0 Å². The fourth-order valence-electron chi connectivity index (χ4n) is 2.42. The van der Waals surface area contributed by atoms with E-state index in [0.717, 1.165) is 5.56 Å². The molecular weight excluding hydrogens is 332 g/mol. The van der Waals surface area contributed by atoms with Crippen LogP contribution in [0.25, 0.3) is 0 Å². The van der Waals surface area contributed by atoms with Crippen LogP contribution in [0.5, 0.6) is 5.75 Å². The van der Waals surface area contributed by atoms with Crippen LogP contribution < -0.4 is 15.8 Å². The van der Waals surface area contributed by atoms with Gasteiger partial charge in [0.25, 0.3) is 5.91 Å². The van der Waals surface area contributed by atoms with Crippen LogP contribution in [0.15, 0.2) is 71.3 Å². The van der Waals surface area contributed by atoms with Gasteiger partial charge in [0, 0.05) is 11.3 Å². The van der Waals surface area contributed by atoms with Gasteiger partial charge in [0.2, 0.25) is 5.91 Å². The van der Waals surface area contributed by atoms with Gasteiger partial charge in [0.05, 0.1) is 12.7 Å². The number of hydrogen-bond acceptors (Lipinski definition) is 4. The molecule has 0 bridgehead atoms. The van der Waals surface area contributed by atoms with Gasteiger partial charge in [-0.3, -0.25) is 9.59 Å². The Morgan fingerprint density at radius 2 is 1.73 bits per heavy atom. The van der Waals surface area contributed by atoms with Gasteiger partial charge < -0.3 is 20.2 Å². The Kier molecular flexibility index (Phi) is 5.34. The van der Waals surface area contributed by atoms with Crippen molar-refractivity contribution in [3.05, 3.63) is 83.8 Å². The Hall–Kier alpha value is -3.54. The van der Waals surface area contributed by atoms with Crippen molar-refractivity contribution in [3.8, 4) is 5.75 Å². The number of ether oxygens (including phenoxy) is 1. The molecule has 26 heavy (non-hydrogen) atoms. The molecule has 6 nitrogen and oxygen atoms in total. The van der Waals surface area contributed by atoms with Gasteiger partial charge in [0.1, 0.15) is 12.4 Å². The van der Waals surface area contributed by atoms with Crippen LogP contribution in [0, 0.1) is 0 Å². The third kappa shape index (κ3) is 4.51. The Bertz CT molecular complexity index is 886. The molecule has 0 fully saturated rings. The first-order valence-corrected chi connectivity index (χ1v) is 8.04. The van der Waals surface area contributed by atoms with Crippen molar-refractivity contribution in [2.75, 3.05) is 5.32 Å². The predicted molar refractivity (Wildman–Crippen MR) is 96.8 cm³/mol. The van der Waals surface area contributed by atoms with Crippen molar-refractivity contribution in [1.29, 1.82) is 0 Å². The summed E-state index contributed by atoms with van der Waals surface area (Å²) in [7, 11) is 0. The van der Waals surface area contributed by atoms with Gasteiger partial charge in [-0.25, -0.2) is 0 Å². The Balaban J connectivity index is 1.63. The van der Waals surface area contributed by atoms with E-state index in [0.29, 0.717) is 17.0 Å². The molecule has 6 heteroatoms. The molecule has 0 unspecified atom stereocenters. The lowest BCUT2D eigenvalue weighted by molar-refractivity contribution is -0.117. The number of nitrogens with one attached hydrogen (secondary N) is 1. The zero-order valence-corrected chi connectivity index (χ0v) is 14.0. The molecule has 0 saturated heterocycles. The molecule has 2 aromatic carbocycles. The van der Waals surface area contributed by atoms with E-state index in [9.17, 15) is 9.59 Å². The van der Waals surface area contributed by atoms with Crippen LogP contribution in [0.1, 0.15) is 21.7 Å².